The average Bonchev–Trinajstić information content (AvgIpc) is 2.45. The lowest BCUT2D eigenvalue weighted by Gasteiger charge is -2.30. The van der Waals surface area contributed by atoms with Gasteiger partial charge in [0.2, 0.25) is 5.92 Å². The Morgan fingerprint density at radius 3 is 2.43 bits per heavy atom. The monoisotopic (exact) mass is 312 g/mol. The fraction of sp³-hybridized carbons (Fsp3) is 0.533. The van der Waals surface area contributed by atoms with Crippen LogP contribution in [0, 0.1) is 24.2 Å². The van der Waals surface area contributed by atoms with Gasteiger partial charge in [0.25, 0.3) is 0 Å². The molecule has 1 fully saturated rings. The van der Waals surface area contributed by atoms with Crippen molar-refractivity contribution in [2.24, 2.45) is 5.92 Å². The highest BCUT2D eigenvalue weighted by Crippen LogP contribution is 2.37. The Balaban J connectivity index is 1.96. The zero-order valence-electron chi connectivity index (χ0n) is 11.8. The van der Waals surface area contributed by atoms with Crippen molar-refractivity contribution in [3.05, 3.63) is 29.8 Å². The van der Waals surface area contributed by atoms with Crippen LogP contribution in [-0.2, 0) is 11.4 Å². The van der Waals surface area contributed by atoms with Crippen molar-refractivity contribution in [1.82, 2.24) is 4.72 Å². The highest BCUT2D eigenvalue weighted by atomic mass is 32.2. The van der Waals surface area contributed by atoms with Crippen LogP contribution in [0.4, 0.5) is 8.78 Å². The molecule has 2 atom stereocenters. The van der Waals surface area contributed by atoms with Gasteiger partial charge in [0.1, 0.15) is 6.04 Å². The van der Waals surface area contributed by atoms with E-state index in [9.17, 15) is 18.6 Å². The lowest BCUT2D eigenvalue weighted by atomic mass is 9.83. The van der Waals surface area contributed by atoms with Crippen LogP contribution in [0.3, 0.4) is 0 Å². The first-order valence-electron chi connectivity index (χ1n) is 6.93. The molecular formula is C15H18F2N2OS. The molecule has 0 aromatic heterocycles. The van der Waals surface area contributed by atoms with Crippen LogP contribution in [0.2, 0.25) is 0 Å². The zero-order valence-corrected chi connectivity index (χ0v) is 12.6. The fourth-order valence-electron chi connectivity index (χ4n) is 2.47. The smallest absolute Gasteiger partial charge is 0.248 e. The standard InChI is InChI=1S/C15H18F2N2OS/c1-11-2-4-13(5-3-11)21(20)19-14(10-18)12-6-8-15(16,17)9-7-12/h2-5,12,14,19H,6-9H2,1H3/t14-,21?/m1/s1. The van der Waals surface area contributed by atoms with Crippen molar-refractivity contribution in [1.29, 1.82) is 5.26 Å². The number of nitrogens with zero attached hydrogens (tertiary/aromatic N) is 1. The SMILES string of the molecule is Cc1ccc([S+]([O-])N[C@H](C#N)C2CCC(F)(F)CC2)cc1. The number of halogens is 2. The van der Waals surface area contributed by atoms with E-state index in [1.807, 2.05) is 19.1 Å². The third-order valence-electron chi connectivity index (χ3n) is 3.84. The first-order chi connectivity index (χ1) is 9.91. The molecule has 0 heterocycles. The first-order valence-corrected chi connectivity index (χ1v) is 8.08. The Labute approximate surface area is 126 Å². The van der Waals surface area contributed by atoms with E-state index in [-0.39, 0.29) is 31.6 Å². The largest absolute Gasteiger partial charge is 0.593 e. The van der Waals surface area contributed by atoms with Crippen LogP contribution in [-0.4, -0.2) is 16.5 Å². The molecule has 0 radical (unpaired) electrons. The van der Waals surface area contributed by atoms with Crippen LogP contribution in [0.25, 0.3) is 0 Å². The minimum absolute atomic E-state index is 0.177. The minimum atomic E-state index is -2.62. The summed E-state index contributed by atoms with van der Waals surface area (Å²) in [7, 11) is 0. The van der Waals surface area contributed by atoms with Crippen molar-refractivity contribution in [3.63, 3.8) is 0 Å². The first kappa shape index (κ1) is 16.2. The normalized spacial score (nSPS) is 21.5. The number of aryl methyl sites for hydroxylation is 1. The van der Waals surface area contributed by atoms with Crippen LogP contribution >= 0.6 is 0 Å². The molecule has 0 amide bonds. The van der Waals surface area contributed by atoms with E-state index in [0.717, 1.165) is 5.56 Å². The number of hydrogen-bond acceptors (Lipinski definition) is 3. The molecule has 0 saturated heterocycles. The molecule has 114 valence electrons. The Hall–Kier alpha value is -1.16. The summed E-state index contributed by atoms with van der Waals surface area (Å²) in [5.74, 6) is -2.80. The summed E-state index contributed by atoms with van der Waals surface area (Å²) in [4.78, 5) is 0.585. The van der Waals surface area contributed by atoms with Gasteiger partial charge in [0, 0.05) is 12.8 Å². The van der Waals surface area contributed by atoms with E-state index in [1.54, 1.807) is 12.1 Å². The Kier molecular flexibility index (Phi) is 5.20. The van der Waals surface area contributed by atoms with Gasteiger partial charge in [-0.1, -0.05) is 17.7 Å². The molecule has 0 aliphatic heterocycles. The maximum Gasteiger partial charge on any atom is 0.248 e. The van der Waals surface area contributed by atoms with Gasteiger partial charge >= 0.3 is 0 Å². The van der Waals surface area contributed by atoms with Gasteiger partial charge in [-0.3, -0.25) is 0 Å². The lowest BCUT2D eigenvalue weighted by Crippen LogP contribution is -2.42. The van der Waals surface area contributed by atoms with E-state index < -0.39 is 23.3 Å². The van der Waals surface area contributed by atoms with E-state index >= 15 is 0 Å². The third kappa shape index (κ3) is 4.40. The van der Waals surface area contributed by atoms with Crippen molar-refractivity contribution in [3.8, 4) is 6.07 Å². The maximum atomic E-state index is 13.1. The molecule has 1 aliphatic rings. The molecular weight excluding hydrogens is 294 g/mol. The molecule has 1 unspecified atom stereocenters. The Bertz CT molecular complexity index is 505. The number of rotatable bonds is 4. The number of alkyl halides is 2. The van der Waals surface area contributed by atoms with E-state index in [1.165, 1.54) is 0 Å². The molecule has 0 bridgehead atoms. The van der Waals surface area contributed by atoms with Crippen molar-refractivity contribution >= 4 is 11.4 Å². The van der Waals surface area contributed by atoms with Crippen molar-refractivity contribution in [2.75, 3.05) is 0 Å². The summed E-state index contributed by atoms with van der Waals surface area (Å²) in [6, 6.07) is 8.56. The summed E-state index contributed by atoms with van der Waals surface area (Å²) in [6.45, 7) is 1.93. The maximum absolute atomic E-state index is 13.1. The molecule has 1 aliphatic carbocycles. The summed E-state index contributed by atoms with van der Waals surface area (Å²) in [5.41, 5.74) is 1.06. The van der Waals surface area contributed by atoms with Crippen LogP contribution in [0.15, 0.2) is 29.2 Å². The van der Waals surface area contributed by atoms with Gasteiger partial charge in [-0.2, -0.15) is 5.26 Å². The summed E-state index contributed by atoms with van der Waals surface area (Å²) in [5, 5.41) is 9.21. The van der Waals surface area contributed by atoms with Crippen molar-refractivity contribution in [2.45, 2.75) is 49.5 Å². The van der Waals surface area contributed by atoms with Gasteiger partial charge in [0.15, 0.2) is 4.90 Å². The zero-order chi connectivity index (χ0) is 15.5. The Morgan fingerprint density at radius 1 is 1.33 bits per heavy atom. The van der Waals surface area contributed by atoms with Crippen LogP contribution < -0.4 is 4.72 Å². The molecule has 1 aromatic rings. The van der Waals surface area contributed by atoms with Gasteiger partial charge < -0.3 is 4.55 Å². The molecule has 2 rings (SSSR count). The molecule has 6 heteroatoms. The topological polar surface area (TPSA) is 58.9 Å². The number of nitrogens with one attached hydrogen (secondary N) is 1. The summed E-state index contributed by atoms with van der Waals surface area (Å²) in [6.07, 6.45) is 0.163. The quantitative estimate of drug-likeness (QED) is 0.868. The number of nitriles is 1. The second-order valence-electron chi connectivity index (χ2n) is 5.50. The van der Waals surface area contributed by atoms with E-state index in [0.29, 0.717) is 4.90 Å². The Morgan fingerprint density at radius 2 is 1.90 bits per heavy atom. The highest BCUT2D eigenvalue weighted by molar-refractivity contribution is 7.89. The molecule has 1 aromatic carbocycles. The molecule has 21 heavy (non-hydrogen) atoms. The summed E-state index contributed by atoms with van der Waals surface area (Å²) < 4.78 is 41.3. The van der Waals surface area contributed by atoms with Gasteiger partial charge in [-0.25, -0.2) is 8.78 Å². The lowest BCUT2D eigenvalue weighted by molar-refractivity contribution is -0.0470. The van der Waals surface area contributed by atoms with Gasteiger partial charge in [0.05, 0.1) is 17.4 Å². The van der Waals surface area contributed by atoms with Gasteiger partial charge in [-0.05, 0) is 37.8 Å². The van der Waals surface area contributed by atoms with Crippen LogP contribution in [0.1, 0.15) is 31.2 Å². The molecule has 1 N–H and O–H groups in total. The summed E-state index contributed by atoms with van der Waals surface area (Å²) >= 11 is -1.50. The second-order valence-corrected chi connectivity index (χ2v) is 6.74. The number of hydrogen-bond donors (Lipinski definition) is 1. The molecule has 0 spiro atoms. The van der Waals surface area contributed by atoms with Gasteiger partial charge in [-0.15, -0.1) is 4.72 Å². The predicted molar refractivity (Wildman–Crippen MR) is 77.0 cm³/mol. The number of benzene rings is 1. The van der Waals surface area contributed by atoms with Crippen LogP contribution in [0.5, 0.6) is 0 Å². The predicted octanol–water partition coefficient (Wildman–Crippen LogP) is 3.32. The molecule has 3 nitrogen and oxygen atoms in total. The fourth-order valence-corrected chi connectivity index (χ4v) is 3.46. The van der Waals surface area contributed by atoms with E-state index in [2.05, 4.69) is 10.8 Å². The minimum Gasteiger partial charge on any atom is -0.593 e. The molecule has 1 saturated carbocycles. The third-order valence-corrected chi connectivity index (χ3v) is 5.01. The average molecular weight is 312 g/mol. The highest BCUT2D eigenvalue weighted by Gasteiger charge is 2.39. The van der Waals surface area contributed by atoms with Crippen molar-refractivity contribution < 1.29 is 13.3 Å². The van der Waals surface area contributed by atoms with E-state index in [4.69, 9.17) is 0 Å². The second kappa shape index (κ2) is 6.73.